The van der Waals surface area contributed by atoms with Crippen molar-refractivity contribution in [3.05, 3.63) is 34.9 Å². The van der Waals surface area contributed by atoms with Gasteiger partial charge in [0.15, 0.2) is 0 Å². The number of fused-ring (bicyclic) bond motifs is 3. The first-order valence-corrected chi connectivity index (χ1v) is 6.21. The fourth-order valence-electron chi connectivity index (χ4n) is 3.01. The van der Waals surface area contributed by atoms with E-state index in [-0.39, 0.29) is 12.4 Å². The number of halogens is 1. The van der Waals surface area contributed by atoms with E-state index in [0.29, 0.717) is 17.9 Å². The topological polar surface area (TPSA) is 21.3 Å². The Balaban J connectivity index is 0.00000108. The van der Waals surface area contributed by atoms with Crippen LogP contribution in [0.4, 0.5) is 0 Å². The van der Waals surface area contributed by atoms with Gasteiger partial charge in [0.2, 0.25) is 0 Å². The van der Waals surface area contributed by atoms with E-state index >= 15 is 0 Å². The van der Waals surface area contributed by atoms with Crippen molar-refractivity contribution in [2.45, 2.75) is 38.4 Å². The standard InChI is InChI=1S/C14H19NO.ClH/c1-9(2)10-4-3-5-11-12-6-15-7-14(12)16-8-13(10)11;/h3-5,9,12,14-15H,6-8H2,1-2H3;1H. The van der Waals surface area contributed by atoms with Gasteiger partial charge in [-0.3, -0.25) is 0 Å². The first-order chi connectivity index (χ1) is 7.77. The predicted octanol–water partition coefficient (Wildman–Crippen LogP) is 2.82. The largest absolute Gasteiger partial charge is 0.372 e. The summed E-state index contributed by atoms with van der Waals surface area (Å²) in [5.74, 6) is 1.16. The van der Waals surface area contributed by atoms with Gasteiger partial charge in [-0.05, 0) is 22.6 Å². The summed E-state index contributed by atoms with van der Waals surface area (Å²) in [4.78, 5) is 0. The third-order valence-electron chi connectivity index (χ3n) is 3.87. The fourth-order valence-corrected chi connectivity index (χ4v) is 3.01. The number of hydrogen-bond donors (Lipinski definition) is 1. The van der Waals surface area contributed by atoms with E-state index in [1.165, 1.54) is 16.7 Å². The van der Waals surface area contributed by atoms with Gasteiger partial charge in [0.25, 0.3) is 0 Å². The maximum absolute atomic E-state index is 5.96. The summed E-state index contributed by atoms with van der Waals surface area (Å²) >= 11 is 0. The second-order valence-electron chi connectivity index (χ2n) is 5.18. The Kier molecular flexibility index (Phi) is 3.76. The van der Waals surface area contributed by atoms with E-state index in [2.05, 4.69) is 37.4 Å². The quantitative estimate of drug-likeness (QED) is 0.831. The molecule has 1 aromatic carbocycles. The van der Waals surface area contributed by atoms with E-state index < -0.39 is 0 Å². The molecule has 2 heterocycles. The van der Waals surface area contributed by atoms with Crippen LogP contribution in [0.3, 0.4) is 0 Å². The highest BCUT2D eigenvalue weighted by Crippen LogP contribution is 2.36. The van der Waals surface area contributed by atoms with Crippen molar-refractivity contribution in [2.24, 2.45) is 0 Å². The fraction of sp³-hybridized carbons (Fsp3) is 0.571. The van der Waals surface area contributed by atoms with Crippen molar-refractivity contribution in [1.29, 1.82) is 0 Å². The van der Waals surface area contributed by atoms with Gasteiger partial charge >= 0.3 is 0 Å². The zero-order valence-electron chi connectivity index (χ0n) is 10.4. The Labute approximate surface area is 109 Å². The first kappa shape index (κ1) is 12.9. The molecule has 2 atom stereocenters. The lowest BCUT2D eigenvalue weighted by Crippen LogP contribution is -2.27. The lowest BCUT2D eigenvalue weighted by atomic mass is 9.84. The molecule has 3 heteroatoms. The van der Waals surface area contributed by atoms with Gasteiger partial charge < -0.3 is 10.1 Å². The highest BCUT2D eigenvalue weighted by molar-refractivity contribution is 5.85. The van der Waals surface area contributed by atoms with Crippen LogP contribution in [0.15, 0.2) is 18.2 Å². The van der Waals surface area contributed by atoms with Crippen molar-refractivity contribution in [3.63, 3.8) is 0 Å². The lowest BCUT2D eigenvalue weighted by molar-refractivity contribution is 0.0293. The number of hydrogen-bond acceptors (Lipinski definition) is 2. The molecule has 0 saturated carbocycles. The number of rotatable bonds is 1. The summed E-state index contributed by atoms with van der Waals surface area (Å²) in [5, 5.41) is 3.43. The minimum atomic E-state index is 0. The summed E-state index contributed by atoms with van der Waals surface area (Å²) in [7, 11) is 0. The SMILES string of the molecule is CC(C)c1cccc2c1COC1CNCC21.Cl. The molecule has 0 spiro atoms. The average molecular weight is 254 g/mol. The smallest absolute Gasteiger partial charge is 0.0784 e. The van der Waals surface area contributed by atoms with Gasteiger partial charge in [-0.15, -0.1) is 12.4 Å². The maximum atomic E-state index is 5.96. The van der Waals surface area contributed by atoms with E-state index in [1.807, 2.05) is 0 Å². The van der Waals surface area contributed by atoms with Crippen LogP contribution in [0.5, 0.6) is 0 Å². The number of nitrogens with one attached hydrogen (secondary N) is 1. The Morgan fingerprint density at radius 1 is 1.29 bits per heavy atom. The molecule has 17 heavy (non-hydrogen) atoms. The van der Waals surface area contributed by atoms with Crippen molar-refractivity contribution >= 4 is 12.4 Å². The van der Waals surface area contributed by atoms with Crippen LogP contribution in [-0.4, -0.2) is 19.2 Å². The Morgan fingerprint density at radius 3 is 2.88 bits per heavy atom. The van der Waals surface area contributed by atoms with Crippen LogP contribution in [0.25, 0.3) is 0 Å². The molecule has 0 radical (unpaired) electrons. The molecule has 1 N–H and O–H groups in total. The molecule has 0 bridgehead atoms. The monoisotopic (exact) mass is 253 g/mol. The second kappa shape index (κ2) is 4.97. The van der Waals surface area contributed by atoms with Crippen LogP contribution >= 0.6 is 12.4 Å². The minimum absolute atomic E-state index is 0. The zero-order valence-corrected chi connectivity index (χ0v) is 11.2. The Bertz CT molecular complexity index is 405. The van der Waals surface area contributed by atoms with Crippen molar-refractivity contribution in [1.82, 2.24) is 5.32 Å². The normalized spacial score (nSPS) is 26.3. The molecule has 0 amide bonds. The third kappa shape index (κ3) is 2.10. The molecule has 3 rings (SSSR count). The number of benzene rings is 1. The Hall–Kier alpha value is -0.570. The summed E-state index contributed by atoms with van der Waals surface area (Å²) in [6, 6.07) is 6.73. The van der Waals surface area contributed by atoms with Gasteiger partial charge in [0.05, 0.1) is 12.7 Å². The van der Waals surface area contributed by atoms with E-state index in [4.69, 9.17) is 4.74 Å². The molecule has 0 aromatic heterocycles. The van der Waals surface area contributed by atoms with Crippen LogP contribution in [0.2, 0.25) is 0 Å². The van der Waals surface area contributed by atoms with Gasteiger partial charge in [0, 0.05) is 19.0 Å². The lowest BCUT2D eigenvalue weighted by Gasteiger charge is -2.30. The first-order valence-electron chi connectivity index (χ1n) is 6.21. The van der Waals surface area contributed by atoms with Crippen LogP contribution in [0.1, 0.15) is 42.4 Å². The summed E-state index contributed by atoms with van der Waals surface area (Å²) in [6.07, 6.45) is 0.398. The molecule has 0 aliphatic carbocycles. The van der Waals surface area contributed by atoms with Crippen molar-refractivity contribution in [2.75, 3.05) is 13.1 Å². The van der Waals surface area contributed by atoms with Gasteiger partial charge in [0.1, 0.15) is 0 Å². The second-order valence-corrected chi connectivity index (χ2v) is 5.18. The third-order valence-corrected chi connectivity index (χ3v) is 3.87. The van der Waals surface area contributed by atoms with Gasteiger partial charge in [-0.25, -0.2) is 0 Å². The highest BCUT2D eigenvalue weighted by atomic mass is 35.5. The van der Waals surface area contributed by atoms with Crippen LogP contribution < -0.4 is 5.32 Å². The predicted molar refractivity (Wildman–Crippen MR) is 72.0 cm³/mol. The van der Waals surface area contributed by atoms with E-state index in [0.717, 1.165) is 19.7 Å². The van der Waals surface area contributed by atoms with Crippen molar-refractivity contribution < 1.29 is 4.74 Å². The molecule has 94 valence electrons. The van der Waals surface area contributed by atoms with E-state index in [1.54, 1.807) is 0 Å². The van der Waals surface area contributed by atoms with E-state index in [9.17, 15) is 0 Å². The minimum Gasteiger partial charge on any atom is -0.372 e. The molecule has 2 nitrogen and oxygen atoms in total. The van der Waals surface area contributed by atoms with Crippen LogP contribution in [0, 0.1) is 0 Å². The van der Waals surface area contributed by atoms with Gasteiger partial charge in [-0.1, -0.05) is 32.0 Å². The Morgan fingerprint density at radius 2 is 2.12 bits per heavy atom. The molecule has 1 aromatic rings. The molecular formula is C14H20ClNO. The van der Waals surface area contributed by atoms with Gasteiger partial charge in [-0.2, -0.15) is 0 Å². The molecule has 2 unspecified atom stereocenters. The average Bonchev–Trinajstić information content (AvgIpc) is 2.76. The molecule has 2 aliphatic rings. The summed E-state index contributed by atoms with van der Waals surface area (Å²) in [5.41, 5.74) is 4.43. The maximum Gasteiger partial charge on any atom is 0.0784 e. The summed E-state index contributed by atoms with van der Waals surface area (Å²) in [6.45, 7) is 7.39. The zero-order chi connectivity index (χ0) is 11.1. The van der Waals surface area contributed by atoms with Crippen molar-refractivity contribution in [3.8, 4) is 0 Å². The highest BCUT2D eigenvalue weighted by Gasteiger charge is 2.35. The molecule has 1 saturated heterocycles. The summed E-state index contributed by atoms with van der Waals surface area (Å²) < 4.78 is 5.96. The molecule has 2 aliphatic heterocycles. The number of ether oxygens (including phenoxy) is 1. The molecular weight excluding hydrogens is 234 g/mol. The molecule has 1 fully saturated rings. The van der Waals surface area contributed by atoms with Crippen LogP contribution in [-0.2, 0) is 11.3 Å².